The summed E-state index contributed by atoms with van der Waals surface area (Å²) in [6.07, 6.45) is 3.41. The quantitative estimate of drug-likeness (QED) is 0.850. The number of rotatable bonds is 2. The molecule has 0 N–H and O–H groups in total. The number of aromatic nitrogens is 2. The van der Waals surface area contributed by atoms with Gasteiger partial charge in [0.25, 0.3) is 0 Å². The van der Waals surface area contributed by atoms with Crippen LogP contribution in [0.3, 0.4) is 0 Å². The number of hydrogen-bond acceptors (Lipinski definition) is 2. The van der Waals surface area contributed by atoms with Crippen LogP contribution in [0.1, 0.15) is 17.7 Å². The number of hydrogen-bond donors (Lipinski definition) is 0. The summed E-state index contributed by atoms with van der Waals surface area (Å²) < 4.78 is 8.37. The first-order valence-electron chi connectivity index (χ1n) is 5.71. The number of nitrogens with zero attached hydrogens (tertiary/aromatic N) is 2. The monoisotopic (exact) mass is 292 g/mol. The first-order chi connectivity index (χ1) is 8.31. The second-order valence-corrected chi connectivity index (χ2v) is 4.90. The Morgan fingerprint density at radius 1 is 1.29 bits per heavy atom. The molecule has 88 valence electrons. The van der Waals surface area contributed by atoms with Gasteiger partial charge < -0.3 is 4.74 Å². The molecule has 1 aliphatic carbocycles. The van der Waals surface area contributed by atoms with Gasteiger partial charge in [0, 0.05) is 5.56 Å². The summed E-state index contributed by atoms with van der Waals surface area (Å²) in [4.78, 5) is 0. The van der Waals surface area contributed by atoms with Crippen molar-refractivity contribution in [2.24, 2.45) is 0 Å². The lowest BCUT2D eigenvalue weighted by Crippen LogP contribution is -2.01. The molecule has 0 atom stereocenters. The fourth-order valence-electron chi connectivity index (χ4n) is 2.32. The zero-order valence-corrected chi connectivity index (χ0v) is 11.2. The molecule has 1 aromatic carbocycles. The van der Waals surface area contributed by atoms with E-state index in [-0.39, 0.29) is 0 Å². The average molecular weight is 293 g/mol. The minimum absolute atomic E-state index is 0.842. The minimum atomic E-state index is 0.842. The highest BCUT2D eigenvalue weighted by atomic mass is 79.9. The zero-order valence-electron chi connectivity index (χ0n) is 9.61. The summed E-state index contributed by atoms with van der Waals surface area (Å²) in [5.74, 6) is 0.842. The Bertz CT molecular complexity index is 563. The zero-order chi connectivity index (χ0) is 11.8. The summed E-state index contributed by atoms with van der Waals surface area (Å²) in [6, 6.07) is 7.94. The second-order valence-electron chi connectivity index (χ2n) is 4.15. The smallest absolute Gasteiger partial charge is 0.144 e. The molecule has 4 heteroatoms. The maximum Gasteiger partial charge on any atom is 0.144 e. The van der Waals surface area contributed by atoms with Crippen LogP contribution in [-0.2, 0) is 12.8 Å². The lowest BCUT2D eigenvalue weighted by Gasteiger charge is -2.09. The maximum atomic E-state index is 5.37. The van der Waals surface area contributed by atoms with Crippen molar-refractivity contribution in [3.05, 3.63) is 40.1 Å². The molecule has 3 rings (SSSR count). The van der Waals surface area contributed by atoms with Crippen LogP contribution in [0.15, 0.2) is 28.9 Å². The highest BCUT2D eigenvalue weighted by Crippen LogP contribution is 2.33. The molecule has 1 heterocycles. The van der Waals surface area contributed by atoms with Crippen molar-refractivity contribution in [1.82, 2.24) is 9.78 Å². The number of aryl methyl sites for hydroxylation is 1. The van der Waals surface area contributed by atoms with Gasteiger partial charge in [0.2, 0.25) is 0 Å². The SMILES string of the molecule is COc1ccccc1-n1nc2c(c1Br)CCC2. The van der Waals surface area contributed by atoms with Gasteiger partial charge in [-0.15, -0.1) is 0 Å². The number of methoxy groups -OCH3 is 1. The summed E-state index contributed by atoms with van der Waals surface area (Å²) in [5.41, 5.74) is 3.54. The van der Waals surface area contributed by atoms with E-state index in [9.17, 15) is 0 Å². The molecule has 17 heavy (non-hydrogen) atoms. The van der Waals surface area contributed by atoms with Gasteiger partial charge in [-0.25, -0.2) is 4.68 Å². The Hall–Kier alpha value is -1.29. The maximum absolute atomic E-state index is 5.37. The molecule has 0 saturated carbocycles. The van der Waals surface area contributed by atoms with E-state index >= 15 is 0 Å². The topological polar surface area (TPSA) is 27.1 Å². The standard InChI is InChI=1S/C13H13BrN2O/c1-17-12-8-3-2-7-11(12)16-13(14)9-5-4-6-10(9)15-16/h2-3,7-8H,4-6H2,1H3. The lowest BCUT2D eigenvalue weighted by molar-refractivity contribution is 0.411. The molecule has 1 aliphatic rings. The molecule has 0 bridgehead atoms. The Labute approximate surface area is 109 Å². The van der Waals surface area contributed by atoms with E-state index in [4.69, 9.17) is 4.74 Å². The first-order valence-corrected chi connectivity index (χ1v) is 6.50. The van der Waals surface area contributed by atoms with Gasteiger partial charge in [0.05, 0.1) is 12.8 Å². The van der Waals surface area contributed by atoms with Crippen LogP contribution in [0.4, 0.5) is 0 Å². The van der Waals surface area contributed by atoms with Crippen molar-refractivity contribution in [1.29, 1.82) is 0 Å². The first kappa shape index (κ1) is 10.8. The van der Waals surface area contributed by atoms with E-state index in [1.165, 1.54) is 17.7 Å². The highest BCUT2D eigenvalue weighted by molar-refractivity contribution is 9.10. The van der Waals surface area contributed by atoms with Crippen molar-refractivity contribution in [3.63, 3.8) is 0 Å². The molecule has 0 fully saturated rings. The average Bonchev–Trinajstić information content (AvgIpc) is 2.93. The van der Waals surface area contributed by atoms with E-state index in [0.717, 1.165) is 28.9 Å². The molecule has 1 aromatic heterocycles. The Balaban J connectivity index is 2.16. The fourth-order valence-corrected chi connectivity index (χ4v) is 3.01. The third-order valence-electron chi connectivity index (χ3n) is 3.16. The van der Waals surface area contributed by atoms with Gasteiger partial charge in [-0.3, -0.25) is 0 Å². The Morgan fingerprint density at radius 3 is 2.88 bits per heavy atom. The molecule has 0 saturated heterocycles. The van der Waals surface area contributed by atoms with Gasteiger partial charge in [0.15, 0.2) is 0 Å². The molecule has 0 aliphatic heterocycles. The molecular formula is C13H13BrN2O. The van der Waals surface area contributed by atoms with Gasteiger partial charge in [0.1, 0.15) is 16.0 Å². The Kier molecular flexibility index (Phi) is 2.67. The summed E-state index contributed by atoms with van der Waals surface area (Å²) >= 11 is 3.65. The number of para-hydroxylation sites is 2. The van der Waals surface area contributed by atoms with Crippen molar-refractivity contribution in [3.8, 4) is 11.4 Å². The van der Waals surface area contributed by atoms with Crippen LogP contribution in [0.25, 0.3) is 5.69 Å². The molecule has 0 radical (unpaired) electrons. The highest BCUT2D eigenvalue weighted by Gasteiger charge is 2.22. The summed E-state index contributed by atoms with van der Waals surface area (Å²) in [7, 11) is 1.68. The number of ether oxygens (including phenoxy) is 1. The second kappa shape index (κ2) is 4.18. The van der Waals surface area contributed by atoms with Crippen LogP contribution < -0.4 is 4.74 Å². The minimum Gasteiger partial charge on any atom is -0.494 e. The predicted octanol–water partition coefficient (Wildman–Crippen LogP) is 3.13. The van der Waals surface area contributed by atoms with Crippen LogP contribution >= 0.6 is 15.9 Å². The van der Waals surface area contributed by atoms with Crippen molar-refractivity contribution >= 4 is 15.9 Å². The van der Waals surface area contributed by atoms with Crippen LogP contribution in [0.5, 0.6) is 5.75 Å². The fraction of sp³-hybridized carbons (Fsp3) is 0.308. The lowest BCUT2D eigenvalue weighted by atomic mass is 10.3. The normalized spacial score (nSPS) is 13.8. The largest absolute Gasteiger partial charge is 0.494 e. The van der Waals surface area contributed by atoms with Crippen molar-refractivity contribution in [2.45, 2.75) is 19.3 Å². The molecular weight excluding hydrogens is 280 g/mol. The van der Waals surface area contributed by atoms with E-state index in [1.807, 2.05) is 28.9 Å². The molecule has 0 spiro atoms. The molecule has 2 aromatic rings. The predicted molar refractivity (Wildman–Crippen MR) is 69.8 cm³/mol. The van der Waals surface area contributed by atoms with Gasteiger partial charge >= 0.3 is 0 Å². The van der Waals surface area contributed by atoms with Gasteiger partial charge in [-0.2, -0.15) is 5.10 Å². The number of fused-ring (bicyclic) bond motifs is 1. The van der Waals surface area contributed by atoms with Gasteiger partial charge in [-0.05, 0) is 47.3 Å². The van der Waals surface area contributed by atoms with Crippen LogP contribution in [-0.4, -0.2) is 16.9 Å². The van der Waals surface area contributed by atoms with Crippen LogP contribution in [0.2, 0.25) is 0 Å². The van der Waals surface area contributed by atoms with Crippen molar-refractivity contribution < 1.29 is 4.74 Å². The summed E-state index contributed by atoms with van der Waals surface area (Å²) in [6.45, 7) is 0. The Morgan fingerprint density at radius 2 is 2.12 bits per heavy atom. The molecule has 0 unspecified atom stereocenters. The van der Waals surface area contributed by atoms with E-state index in [0.29, 0.717) is 0 Å². The van der Waals surface area contributed by atoms with Crippen LogP contribution in [0, 0.1) is 0 Å². The third-order valence-corrected chi connectivity index (χ3v) is 3.97. The number of halogens is 1. The van der Waals surface area contributed by atoms with E-state index < -0.39 is 0 Å². The van der Waals surface area contributed by atoms with E-state index in [1.54, 1.807) is 7.11 Å². The van der Waals surface area contributed by atoms with Crippen molar-refractivity contribution in [2.75, 3.05) is 7.11 Å². The third kappa shape index (κ3) is 1.67. The molecule has 3 nitrogen and oxygen atoms in total. The van der Waals surface area contributed by atoms with E-state index in [2.05, 4.69) is 21.0 Å². The number of benzene rings is 1. The molecule has 0 amide bonds. The summed E-state index contributed by atoms with van der Waals surface area (Å²) in [5, 5.41) is 4.66. The van der Waals surface area contributed by atoms with Gasteiger partial charge in [-0.1, -0.05) is 12.1 Å².